The summed E-state index contributed by atoms with van der Waals surface area (Å²) in [6.07, 6.45) is 2.19. The smallest absolute Gasteiger partial charge is 0.303 e. The van der Waals surface area contributed by atoms with E-state index in [1.165, 1.54) is 0 Å². The van der Waals surface area contributed by atoms with E-state index in [2.05, 4.69) is 5.32 Å². The Morgan fingerprint density at radius 1 is 1.06 bits per heavy atom. The van der Waals surface area contributed by atoms with Gasteiger partial charge in [0.2, 0.25) is 11.8 Å². The molecule has 0 bridgehead atoms. The third kappa shape index (κ3) is 5.33. The molecule has 0 spiro atoms. The Morgan fingerprint density at radius 3 is 2.29 bits per heavy atom. The van der Waals surface area contributed by atoms with Crippen LogP contribution in [0, 0.1) is 0 Å². The van der Waals surface area contributed by atoms with Gasteiger partial charge in [-0.15, -0.1) is 0 Å². The normalized spacial score (nSPS) is 14.7. The molecule has 0 unspecified atom stereocenters. The van der Waals surface area contributed by atoms with Crippen molar-refractivity contribution < 1.29 is 19.5 Å². The van der Waals surface area contributed by atoms with Crippen LogP contribution in [0.5, 0.6) is 0 Å². The molecule has 0 aromatic heterocycles. The minimum atomic E-state index is -0.992. The molecule has 1 rings (SSSR count). The highest BCUT2D eigenvalue weighted by Gasteiger charge is 2.17. The van der Waals surface area contributed by atoms with E-state index in [1.807, 2.05) is 0 Å². The molecule has 1 fully saturated rings. The lowest BCUT2D eigenvalue weighted by atomic mass is 10.3. The number of nitrogens with zero attached hydrogens (tertiary/aromatic N) is 1. The molecule has 1 heterocycles. The lowest BCUT2D eigenvalue weighted by Crippen LogP contribution is -2.32. The van der Waals surface area contributed by atoms with Crippen LogP contribution in [0.3, 0.4) is 0 Å². The molecule has 6 nitrogen and oxygen atoms in total. The van der Waals surface area contributed by atoms with E-state index in [0.717, 1.165) is 25.9 Å². The van der Waals surface area contributed by atoms with Crippen molar-refractivity contribution in [3.63, 3.8) is 0 Å². The van der Waals surface area contributed by atoms with Crippen LogP contribution in [0.25, 0.3) is 0 Å². The standard InChI is InChI=1S/C11H18N2O4/c14-9(3-4-11(16)17)12-6-5-10(15)13-7-1-2-8-13/h1-8H2,(H,12,14)(H,16,17). The van der Waals surface area contributed by atoms with Gasteiger partial charge in [-0.3, -0.25) is 14.4 Å². The molecule has 96 valence electrons. The summed E-state index contributed by atoms with van der Waals surface area (Å²) in [5.74, 6) is -1.25. The fraction of sp³-hybridized carbons (Fsp3) is 0.727. The summed E-state index contributed by atoms with van der Waals surface area (Å²) >= 11 is 0. The van der Waals surface area contributed by atoms with Crippen LogP contribution in [0.1, 0.15) is 32.1 Å². The Labute approximate surface area is 100.0 Å². The second-order valence-electron chi connectivity index (χ2n) is 4.08. The lowest BCUT2D eigenvalue weighted by Gasteiger charge is -2.15. The number of aliphatic carboxylic acids is 1. The van der Waals surface area contributed by atoms with Gasteiger partial charge >= 0.3 is 5.97 Å². The van der Waals surface area contributed by atoms with Crippen molar-refractivity contribution in [3.8, 4) is 0 Å². The summed E-state index contributed by atoms with van der Waals surface area (Å²) in [4.78, 5) is 34.7. The number of carbonyl (C=O) groups excluding carboxylic acids is 2. The highest BCUT2D eigenvalue weighted by Crippen LogP contribution is 2.08. The fourth-order valence-corrected chi connectivity index (χ4v) is 1.74. The summed E-state index contributed by atoms with van der Waals surface area (Å²) in [5, 5.41) is 10.9. The molecule has 1 aliphatic rings. The lowest BCUT2D eigenvalue weighted by molar-refractivity contribution is -0.139. The minimum absolute atomic E-state index is 0.0345. The first-order valence-corrected chi connectivity index (χ1v) is 5.86. The van der Waals surface area contributed by atoms with Crippen molar-refractivity contribution in [2.45, 2.75) is 32.1 Å². The largest absolute Gasteiger partial charge is 0.481 e. The molecule has 2 amide bonds. The topological polar surface area (TPSA) is 86.7 Å². The third-order valence-electron chi connectivity index (χ3n) is 2.69. The quantitative estimate of drug-likeness (QED) is 0.685. The van der Waals surface area contributed by atoms with Gasteiger partial charge < -0.3 is 15.3 Å². The summed E-state index contributed by atoms with van der Waals surface area (Å²) in [6, 6.07) is 0. The number of likely N-dealkylation sites (tertiary alicyclic amines) is 1. The summed E-state index contributed by atoms with van der Waals surface area (Å²) < 4.78 is 0. The van der Waals surface area contributed by atoms with Gasteiger partial charge in [0.05, 0.1) is 6.42 Å². The van der Waals surface area contributed by atoms with Gasteiger partial charge in [-0.1, -0.05) is 0 Å². The molecule has 0 radical (unpaired) electrons. The van der Waals surface area contributed by atoms with Gasteiger partial charge in [0.1, 0.15) is 0 Å². The zero-order chi connectivity index (χ0) is 12.7. The molecular weight excluding hydrogens is 224 g/mol. The van der Waals surface area contributed by atoms with E-state index < -0.39 is 5.97 Å². The van der Waals surface area contributed by atoms with E-state index in [-0.39, 0.29) is 31.2 Å². The Hall–Kier alpha value is -1.59. The maximum Gasteiger partial charge on any atom is 0.303 e. The number of carbonyl (C=O) groups is 3. The number of carboxylic acids is 1. The molecule has 17 heavy (non-hydrogen) atoms. The highest BCUT2D eigenvalue weighted by atomic mass is 16.4. The minimum Gasteiger partial charge on any atom is -0.481 e. The van der Waals surface area contributed by atoms with Crippen LogP contribution in [0.15, 0.2) is 0 Å². The van der Waals surface area contributed by atoms with Gasteiger partial charge in [0, 0.05) is 32.5 Å². The Balaban J connectivity index is 2.08. The first-order valence-electron chi connectivity index (χ1n) is 5.86. The van der Waals surface area contributed by atoms with Gasteiger partial charge in [-0.2, -0.15) is 0 Å². The summed E-state index contributed by atoms with van der Waals surface area (Å²) in [6.45, 7) is 1.91. The monoisotopic (exact) mass is 242 g/mol. The first-order chi connectivity index (χ1) is 8.09. The molecule has 0 atom stereocenters. The summed E-state index contributed by atoms with van der Waals surface area (Å²) in [7, 11) is 0. The van der Waals surface area contributed by atoms with Crippen LogP contribution in [-0.4, -0.2) is 47.4 Å². The Morgan fingerprint density at radius 2 is 1.71 bits per heavy atom. The third-order valence-corrected chi connectivity index (χ3v) is 2.69. The SMILES string of the molecule is O=C(O)CCC(=O)NCCC(=O)N1CCCC1. The number of carboxylic acid groups (broad SMARTS) is 1. The average molecular weight is 242 g/mol. The van der Waals surface area contributed by atoms with Crippen LogP contribution in [0.2, 0.25) is 0 Å². The molecule has 0 aromatic rings. The second-order valence-corrected chi connectivity index (χ2v) is 4.08. The van der Waals surface area contributed by atoms with E-state index in [0.29, 0.717) is 6.42 Å². The van der Waals surface area contributed by atoms with Gasteiger partial charge in [0.25, 0.3) is 0 Å². The van der Waals surface area contributed by atoms with Crippen molar-refractivity contribution in [1.29, 1.82) is 0 Å². The maximum absolute atomic E-state index is 11.6. The molecule has 0 saturated carbocycles. The maximum atomic E-state index is 11.6. The van der Waals surface area contributed by atoms with Crippen molar-refractivity contribution in [2.75, 3.05) is 19.6 Å². The number of amides is 2. The predicted molar refractivity (Wildman–Crippen MR) is 60.3 cm³/mol. The predicted octanol–water partition coefficient (Wildman–Crippen LogP) is -0.0201. The molecular formula is C11H18N2O4. The van der Waals surface area contributed by atoms with Crippen LogP contribution in [0.4, 0.5) is 0 Å². The van der Waals surface area contributed by atoms with Gasteiger partial charge in [0.15, 0.2) is 0 Å². The first kappa shape index (κ1) is 13.5. The van der Waals surface area contributed by atoms with E-state index in [9.17, 15) is 14.4 Å². The molecule has 0 aromatic carbocycles. The van der Waals surface area contributed by atoms with Gasteiger partial charge in [-0.05, 0) is 12.8 Å². The fourth-order valence-electron chi connectivity index (χ4n) is 1.74. The Bertz CT molecular complexity index is 298. The van der Waals surface area contributed by atoms with E-state index in [4.69, 9.17) is 5.11 Å². The molecule has 1 aliphatic heterocycles. The van der Waals surface area contributed by atoms with Crippen LogP contribution < -0.4 is 5.32 Å². The zero-order valence-electron chi connectivity index (χ0n) is 9.78. The van der Waals surface area contributed by atoms with Crippen LogP contribution in [-0.2, 0) is 14.4 Å². The van der Waals surface area contributed by atoms with Crippen LogP contribution >= 0.6 is 0 Å². The number of hydrogen-bond acceptors (Lipinski definition) is 3. The van der Waals surface area contributed by atoms with Crippen molar-refractivity contribution in [2.24, 2.45) is 0 Å². The zero-order valence-corrected chi connectivity index (χ0v) is 9.78. The van der Waals surface area contributed by atoms with E-state index in [1.54, 1.807) is 4.90 Å². The number of rotatable bonds is 6. The Kier molecular flexibility index (Phi) is 5.45. The van der Waals surface area contributed by atoms with E-state index >= 15 is 0 Å². The molecule has 6 heteroatoms. The van der Waals surface area contributed by atoms with Crippen molar-refractivity contribution in [1.82, 2.24) is 10.2 Å². The molecule has 2 N–H and O–H groups in total. The highest BCUT2D eigenvalue weighted by molar-refractivity contribution is 5.81. The second kappa shape index (κ2) is 6.88. The average Bonchev–Trinajstić information content (AvgIpc) is 2.79. The number of nitrogens with one attached hydrogen (secondary N) is 1. The van der Waals surface area contributed by atoms with Gasteiger partial charge in [-0.25, -0.2) is 0 Å². The molecule has 0 aliphatic carbocycles. The number of hydrogen-bond donors (Lipinski definition) is 2. The molecule has 1 saturated heterocycles. The van der Waals surface area contributed by atoms with Crippen molar-refractivity contribution >= 4 is 17.8 Å². The summed E-state index contributed by atoms with van der Waals surface area (Å²) in [5.41, 5.74) is 0. The van der Waals surface area contributed by atoms with Crippen molar-refractivity contribution in [3.05, 3.63) is 0 Å².